The number of likely N-dealkylation sites (tertiary alicyclic amines) is 1. The average molecular weight is 327 g/mol. The minimum Gasteiger partial charge on any atom is -0.440 e. The Hall–Kier alpha value is -2.21. The third kappa shape index (κ3) is 2.63. The molecule has 118 valence electrons. The zero-order valence-electron chi connectivity index (χ0n) is 12.9. The summed E-state index contributed by atoms with van der Waals surface area (Å²) in [7, 11) is 0. The third-order valence-corrected chi connectivity index (χ3v) is 4.98. The summed E-state index contributed by atoms with van der Waals surface area (Å²) in [4.78, 5) is 18.8. The fraction of sp³-hybridized carbons (Fsp3) is 0.353. The highest BCUT2D eigenvalue weighted by molar-refractivity contribution is 7.03. The summed E-state index contributed by atoms with van der Waals surface area (Å²) in [6.07, 6.45) is 1.75. The van der Waals surface area contributed by atoms with E-state index in [1.165, 1.54) is 11.5 Å². The maximum absolute atomic E-state index is 12.3. The fourth-order valence-electron chi connectivity index (χ4n) is 3.09. The highest BCUT2D eigenvalue weighted by Crippen LogP contribution is 2.31. The molecule has 0 N–H and O–H groups in total. The van der Waals surface area contributed by atoms with Crippen LogP contribution in [-0.2, 0) is 0 Å². The normalized spacial score (nSPS) is 16.1. The molecule has 6 heteroatoms. The number of piperidine rings is 1. The molecule has 1 amide bonds. The molecule has 5 nitrogen and oxygen atoms in total. The summed E-state index contributed by atoms with van der Waals surface area (Å²) in [6, 6.07) is 7.80. The summed E-state index contributed by atoms with van der Waals surface area (Å²) in [5, 5.41) is 1.83. The molecule has 0 radical (unpaired) electrons. The number of fused-ring (bicyclic) bond motifs is 1. The summed E-state index contributed by atoms with van der Waals surface area (Å²) in [5.41, 5.74) is 3.45. The molecule has 0 atom stereocenters. The lowest BCUT2D eigenvalue weighted by atomic mass is 9.96. The van der Waals surface area contributed by atoms with Crippen molar-refractivity contribution in [1.29, 1.82) is 0 Å². The number of oxazole rings is 1. The van der Waals surface area contributed by atoms with Crippen LogP contribution < -0.4 is 0 Å². The number of aromatic nitrogens is 2. The van der Waals surface area contributed by atoms with Gasteiger partial charge in [0, 0.05) is 24.4 Å². The van der Waals surface area contributed by atoms with Crippen LogP contribution in [0.1, 0.15) is 40.7 Å². The second-order valence-electron chi connectivity index (χ2n) is 5.93. The second-order valence-corrected chi connectivity index (χ2v) is 6.59. The van der Waals surface area contributed by atoms with Crippen LogP contribution >= 0.6 is 11.5 Å². The summed E-state index contributed by atoms with van der Waals surface area (Å²) in [5.74, 6) is 1.11. The van der Waals surface area contributed by atoms with Crippen LogP contribution in [0.2, 0.25) is 0 Å². The molecule has 0 spiro atoms. The van der Waals surface area contributed by atoms with Crippen molar-refractivity contribution in [2.75, 3.05) is 13.1 Å². The van der Waals surface area contributed by atoms with Gasteiger partial charge in [0.05, 0.1) is 0 Å². The van der Waals surface area contributed by atoms with E-state index in [4.69, 9.17) is 4.42 Å². The molecular weight excluding hydrogens is 310 g/mol. The van der Waals surface area contributed by atoms with Crippen LogP contribution in [0.4, 0.5) is 0 Å². The molecule has 3 heterocycles. The zero-order valence-corrected chi connectivity index (χ0v) is 13.7. The number of nitrogens with zero attached hydrogens (tertiary/aromatic N) is 3. The molecule has 1 aliphatic rings. The molecule has 23 heavy (non-hydrogen) atoms. The van der Waals surface area contributed by atoms with Crippen molar-refractivity contribution in [2.45, 2.75) is 25.7 Å². The number of benzene rings is 1. The van der Waals surface area contributed by atoms with E-state index in [9.17, 15) is 4.79 Å². The Labute approximate surface area is 138 Å². The number of rotatable bonds is 2. The maximum Gasteiger partial charge on any atom is 0.273 e. The Morgan fingerprint density at radius 3 is 2.83 bits per heavy atom. The van der Waals surface area contributed by atoms with Gasteiger partial charge in [0.1, 0.15) is 11.2 Å². The largest absolute Gasteiger partial charge is 0.440 e. The van der Waals surface area contributed by atoms with Crippen LogP contribution in [0, 0.1) is 6.92 Å². The number of carbonyl (C=O) groups excluding carboxylic acids is 1. The molecule has 0 saturated carbocycles. The average Bonchev–Trinajstić information content (AvgIpc) is 3.24. The van der Waals surface area contributed by atoms with Crippen molar-refractivity contribution in [1.82, 2.24) is 14.3 Å². The lowest BCUT2D eigenvalue weighted by Gasteiger charge is -2.30. The van der Waals surface area contributed by atoms with Crippen molar-refractivity contribution in [3.05, 3.63) is 46.8 Å². The van der Waals surface area contributed by atoms with Gasteiger partial charge in [-0.1, -0.05) is 12.1 Å². The smallest absolute Gasteiger partial charge is 0.273 e. The van der Waals surface area contributed by atoms with Crippen LogP contribution in [0.3, 0.4) is 0 Å². The number of para-hydroxylation sites is 1. The van der Waals surface area contributed by atoms with Gasteiger partial charge < -0.3 is 9.32 Å². The Morgan fingerprint density at radius 2 is 2.13 bits per heavy atom. The van der Waals surface area contributed by atoms with Crippen molar-refractivity contribution < 1.29 is 9.21 Å². The molecular formula is C17H17N3O2S. The van der Waals surface area contributed by atoms with Crippen LogP contribution in [0.15, 0.2) is 34.1 Å². The first kappa shape index (κ1) is 14.4. The minimum atomic E-state index is 0.0260. The van der Waals surface area contributed by atoms with Gasteiger partial charge >= 0.3 is 0 Å². The number of aryl methyl sites for hydroxylation is 1. The summed E-state index contributed by atoms with van der Waals surface area (Å²) in [6.45, 7) is 3.48. The third-order valence-electron chi connectivity index (χ3n) is 4.42. The highest BCUT2D eigenvalue weighted by atomic mass is 32.1. The van der Waals surface area contributed by atoms with Gasteiger partial charge in [-0.3, -0.25) is 4.79 Å². The topological polar surface area (TPSA) is 59.2 Å². The van der Waals surface area contributed by atoms with Crippen molar-refractivity contribution in [3.8, 4) is 0 Å². The van der Waals surface area contributed by atoms with Gasteiger partial charge in [0.15, 0.2) is 11.5 Å². The fourth-order valence-corrected chi connectivity index (χ4v) is 3.60. The van der Waals surface area contributed by atoms with Crippen molar-refractivity contribution in [2.24, 2.45) is 0 Å². The SMILES string of the molecule is Cc1cccc2nc(C3CCN(C(=O)c4ccsn4)CC3)oc12. The molecule has 1 saturated heterocycles. The van der Waals surface area contributed by atoms with E-state index in [2.05, 4.69) is 9.36 Å². The molecule has 2 aromatic heterocycles. The predicted octanol–water partition coefficient (Wildman–Crippen LogP) is 3.61. The molecule has 1 aliphatic heterocycles. The quantitative estimate of drug-likeness (QED) is 0.721. The highest BCUT2D eigenvalue weighted by Gasteiger charge is 2.28. The standard InChI is InChI=1S/C17H17N3O2S/c1-11-3-2-4-13-15(11)22-16(18-13)12-5-8-20(9-6-12)17(21)14-7-10-23-19-14/h2-4,7,10,12H,5-6,8-9H2,1H3. The zero-order chi connectivity index (χ0) is 15.8. The Morgan fingerprint density at radius 1 is 1.30 bits per heavy atom. The van der Waals surface area contributed by atoms with Crippen LogP contribution in [0.25, 0.3) is 11.1 Å². The first-order valence-corrected chi connectivity index (χ1v) is 8.62. The maximum atomic E-state index is 12.3. The number of hydrogen-bond acceptors (Lipinski definition) is 5. The lowest BCUT2D eigenvalue weighted by molar-refractivity contribution is 0.0702. The van der Waals surface area contributed by atoms with Crippen molar-refractivity contribution >= 4 is 28.5 Å². The summed E-state index contributed by atoms with van der Waals surface area (Å²) >= 11 is 1.31. The van der Waals surface area contributed by atoms with Gasteiger partial charge in [-0.05, 0) is 49.0 Å². The number of hydrogen-bond donors (Lipinski definition) is 0. The molecule has 0 unspecified atom stereocenters. The van der Waals surface area contributed by atoms with Gasteiger partial charge in [-0.25, -0.2) is 4.98 Å². The lowest BCUT2D eigenvalue weighted by Crippen LogP contribution is -2.38. The Bertz CT molecular complexity index is 833. The van der Waals surface area contributed by atoms with Gasteiger partial charge in [-0.2, -0.15) is 4.37 Å². The second kappa shape index (κ2) is 5.77. The van der Waals surface area contributed by atoms with E-state index < -0.39 is 0 Å². The molecule has 1 fully saturated rings. The monoisotopic (exact) mass is 327 g/mol. The molecule has 4 rings (SSSR count). The van der Waals surface area contributed by atoms with E-state index in [0.717, 1.165) is 48.5 Å². The van der Waals surface area contributed by atoms with E-state index in [0.29, 0.717) is 5.69 Å². The van der Waals surface area contributed by atoms with Gasteiger partial charge in [-0.15, -0.1) is 0 Å². The summed E-state index contributed by atoms with van der Waals surface area (Å²) < 4.78 is 10.1. The van der Waals surface area contributed by atoms with E-state index in [1.54, 1.807) is 6.07 Å². The van der Waals surface area contributed by atoms with E-state index in [1.807, 2.05) is 35.4 Å². The number of carbonyl (C=O) groups is 1. The minimum absolute atomic E-state index is 0.0260. The molecule has 0 aliphatic carbocycles. The number of amides is 1. The first-order valence-electron chi connectivity index (χ1n) is 7.78. The Balaban J connectivity index is 1.48. The van der Waals surface area contributed by atoms with E-state index in [-0.39, 0.29) is 11.8 Å². The molecule has 0 bridgehead atoms. The molecule has 1 aromatic carbocycles. The van der Waals surface area contributed by atoms with Crippen LogP contribution in [0.5, 0.6) is 0 Å². The van der Waals surface area contributed by atoms with Gasteiger partial charge in [0.2, 0.25) is 0 Å². The predicted molar refractivity (Wildman–Crippen MR) is 88.7 cm³/mol. The van der Waals surface area contributed by atoms with E-state index >= 15 is 0 Å². The van der Waals surface area contributed by atoms with Crippen LogP contribution in [-0.4, -0.2) is 33.3 Å². The van der Waals surface area contributed by atoms with Crippen molar-refractivity contribution in [3.63, 3.8) is 0 Å². The molecule has 3 aromatic rings. The Kier molecular flexibility index (Phi) is 3.61. The van der Waals surface area contributed by atoms with Gasteiger partial charge in [0.25, 0.3) is 5.91 Å². The first-order chi connectivity index (χ1) is 11.2.